The van der Waals surface area contributed by atoms with Gasteiger partial charge in [-0.1, -0.05) is 81.7 Å². The van der Waals surface area contributed by atoms with Gasteiger partial charge in [0.25, 0.3) is 0 Å². The normalized spacial score (nSPS) is 10.8. The Bertz CT molecular complexity index is 782. The van der Waals surface area contributed by atoms with Gasteiger partial charge < -0.3 is 4.84 Å². The molecule has 23 heavy (non-hydrogen) atoms. The predicted octanol–water partition coefficient (Wildman–Crippen LogP) is 5.67. The Kier molecular flexibility index (Phi) is 5.22. The van der Waals surface area contributed by atoms with Gasteiger partial charge in [-0.25, -0.2) is 0 Å². The summed E-state index contributed by atoms with van der Waals surface area (Å²) in [5, 5.41) is 4.03. The number of benzene rings is 3. The lowest BCUT2D eigenvalue weighted by atomic mass is 10.0. The molecule has 0 aromatic heterocycles. The summed E-state index contributed by atoms with van der Waals surface area (Å²) in [5.41, 5.74) is 4.49. The third-order valence-electron chi connectivity index (χ3n) is 3.41. The van der Waals surface area contributed by atoms with Crippen LogP contribution in [0, 0.1) is 0 Å². The fraction of sp³-hybridized carbons (Fsp3) is 0.0500. The molecule has 0 fully saturated rings. The molecule has 2 nitrogen and oxygen atoms in total. The third kappa shape index (κ3) is 4.54. The SMILES string of the molecule is Brc1ccc(C=NOCc2cccc(-c3ccccc3)c2)cc1. The van der Waals surface area contributed by atoms with Gasteiger partial charge in [-0.05, 0) is 40.5 Å². The van der Waals surface area contributed by atoms with E-state index < -0.39 is 0 Å². The first-order valence-electron chi connectivity index (χ1n) is 7.36. The van der Waals surface area contributed by atoms with Crippen LogP contribution in [-0.4, -0.2) is 6.21 Å². The molecule has 0 bridgehead atoms. The number of hydrogen-bond acceptors (Lipinski definition) is 2. The molecule has 0 atom stereocenters. The van der Waals surface area contributed by atoms with Crippen LogP contribution in [0.25, 0.3) is 11.1 Å². The first kappa shape index (κ1) is 15.5. The Morgan fingerprint density at radius 3 is 2.35 bits per heavy atom. The van der Waals surface area contributed by atoms with Gasteiger partial charge in [-0.3, -0.25) is 0 Å². The van der Waals surface area contributed by atoms with Crippen LogP contribution in [0.15, 0.2) is 88.5 Å². The summed E-state index contributed by atoms with van der Waals surface area (Å²) in [7, 11) is 0. The van der Waals surface area contributed by atoms with Gasteiger partial charge in [0.1, 0.15) is 6.61 Å². The minimum absolute atomic E-state index is 0.452. The van der Waals surface area contributed by atoms with Crippen molar-refractivity contribution in [2.75, 3.05) is 0 Å². The Balaban J connectivity index is 1.61. The minimum atomic E-state index is 0.452. The van der Waals surface area contributed by atoms with E-state index in [1.54, 1.807) is 6.21 Å². The number of halogens is 1. The molecule has 0 saturated heterocycles. The van der Waals surface area contributed by atoms with Crippen LogP contribution >= 0.6 is 15.9 Å². The number of oxime groups is 1. The third-order valence-corrected chi connectivity index (χ3v) is 3.94. The van der Waals surface area contributed by atoms with Crippen molar-refractivity contribution in [3.63, 3.8) is 0 Å². The lowest BCUT2D eigenvalue weighted by Crippen LogP contribution is -1.89. The average molecular weight is 366 g/mol. The van der Waals surface area contributed by atoms with Crippen molar-refractivity contribution in [2.24, 2.45) is 5.16 Å². The fourth-order valence-corrected chi connectivity index (χ4v) is 2.49. The van der Waals surface area contributed by atoms with Crippen LogP contribution in [-0.2, 0) is 11.4 Å². The van der Waals surface area contributed by atoms with Crippen molar-refractivity contribution in [3.8, 4) is 11.1 Å². The Morgan fingerprint density at radius 1 is 0.826 bits per heavy atom. The maximum absolute atomic E-state index is 5.40. The number of nitrogens with zero attached hydrogens (tertiary/aromatic N) is 1. The van der Waals surface area contributed by atoms with Crippen LogP contribution in [0.5, 0.6) is 0 Å². The van der Waals surface area contributed by atoms with E-state index in [0.29, 0.717) is 6.61 Å². The first-order valence-corrected chi connectivity index (χ1v) is 8.16. The zero-order valence-electron chi connectivity index (χ0n) is 12.5. The van der Waals surface area contributed by atoms with Crippen LogP contribution in [0.4, 0.5) is 0 Å². The predicted molar refractivity (Wildman–Crippen MR) is 98.4 cm³/mol. The maximum Gasteiger partial charge on any atom is 0.142 e. The second-order valence-electron chi connectivity index (χ2n) is 5.13. The van der Waals surface area contributed by atoms with E-state index in [9.17, 15) is 0 Å². The highest BCUT2D eigenvalue weighted by atomic mass is 79.9. The lowest BCUT2D eigenvalue weighted by Gasteiger charge is -2.05. The molecule has 0 aliphatic carbocycles. The number of rotatable bonds is 5. The molecule has 0 saturated carbocycles. The molecule has 0 spiro atoms. The molecule has 3 aromatic rings. The Morgan fingerprint density at radius 2 is 1.57 bits per heavy atom. The van der Waals surface area contributed by atoms with Crippen molar-refractivity contribution in [1.82, 2.24) is 0 Å². The molecule has 0 unspecified atom stereocenters. The molecule has 0 aliphatic rings. The average Bonchev–Trinajstić information content (AvgIpc) is 2.61. The molecule has 0 amide bonds. The molecule has 0 radical (unpaired) electrons. The summed E-state index contributed by atoms with van der Waals surface area (Å²) in [5.74, 6) is 0. The fourth-order valence-electron chi connectivity index (χ4n) is 2.23. The molecule has 114 valence electrons. The zero-order valence-corrected chi connectivity index (χ0v) is 14.1. The summed E-state index contributed by atoms with van der Waals surface area (Å²) in [6.45, 7) is 0.452. The summed E-state index contributed by atoms with van der Waals surface area (Å²) in [6, 6.07) is 26.5. The van der Waals surface area contributed by atoms with E-state index in [1.807, 2.05) is 54.6 Å². The molecular formula is C20H16BrNO. The number of hydrogen-bond donors (Lipinski definition) is 0. The van der Waals surface area contributed by atoms with Crippen molar-refractivity contribution in [2.45, 2.75) is 6.61 Å². The summed E-state index contributed by atoms with van der Waals surface area (Å²) >= 11 is 3.41. The summed E-state index contributed by atoms with van der Waals surface area (Å²) in [4.78, 5) is 5.40. The van der Waals surface area contributed by atoms with Gasteiger partial charge >= 0.3 is 0 Å². The van der Waals surface area contributed by atoms with Gasteiger partial charge in [-0.2, -0.15) is 0 Å². The van der Waals surface area contributed by atoms with E-state index >= 15 is 0 Å². The highest BCUT2D eigenvalue weighted by Crippen LogP contribution is 2.20. The van der Waals surface area contributed by atoms with Crippen LogP contribution < -0.4 is 0 Å². The minimum Gasteiger partial charge on any atom is -0.391 e. The maximum atomic E-state index is 5.40. The van der Waals surface area contributed by atoms with E-state index in [4.69, 9.17) is 4.84 Å². The molecule has 3 heteroatoms. The molecule has 3 rings (SSSR count). The smallest absolute Gasteiger partial charge is 0.142 e. The zero-order chi connectivity index (χ0) is 15.9. The first-order chi connectivity index (χ1) is 11.3. The highest BCUT2D eigenvalue weighted by molar-refractivity contribution is 9.10. The van der Waals surface area contributed by atoms with Gasteiger partial charge in [0.2, 0.25) is 0 Å². The van der Waals surface area contributed by atoms with Crippen molar-refractivity contribution >= 4 is 22.1 Å². The Hall–Kier alpha value is -2.39. The van der Waals surface area contributed by atoms with E-state index in [-0.39, 0.29) is 0 Å². The highest BCUT2D eigenvalue weighted by Gasteiger charge is 1.99. The van der Waals surface area contributed by atoms with Gasteiger partial charge in [0.05, 0.1) is 6.21 Å². The monoisotopic (exact) mass is 365 g/mol. The molecule has 0 aliphatic heterocycles. The summed E-state index contributed by atoms with van der Waals surface area (Å²) in [6.07, 6.45) is 1.72. The van der Waals surface area contributed by atoms with E-state index in [0.717, 1.165) is 15.6 Å². The van der Waals surface area contributed by atoms with Crippen LogP contribution in [0.1, 0.15) is 11.1 Å². The van der Waals surface area contributed by atoms with E-state index in [2.05, 4.69) is 45.4 Å². The lowest BCUT2D eigenvalue weighted by molar-refractivity contribution is 0.132. The second-order valence-corrected chi connectivity index (χ2v) is 6.04. The molecular weight excluding hydrogens is 350 g/mol. The molecule has 3 aromatic carbocycles. The van der Waals surface area contributed by atoms with Gasteiger partial charge in [0.15, 0.2) is 0 Å². The quantitative estimate of drug-likeness (QED) is 0.421. The van der Waals surface area contributed by atoms with Crippen LogP contribution in [0.2, 0.25) is 0 Å². The Labute approximate surface area is 144 Å². The standard InChI is InChI=1S/C20H16BrNO/c21-20-11-9-16(10-12-20)14-22-23-15-17-5-4-8-19(13-17)18-6-2-1-3-7-18/h1-14H,15H2. The van der Waals surface area contributed by atoms with Gasteiger partial charge in [0, 0.05) is 4.47 Å². The summed E-state index contributed by atoms with van der Waals surface area (Å²) < 4.78 is 1.05. The largest absolute Gasteiger partial charge is 0.391 e. The second kappa shape index (κ2) is 7.75. The van der Waals surface area contributed by atoms with E-state index in [1.165, 1.54) is 11.1 Å². The van der Waals surface area contributed by atoms with Crippen molar-refractivity contribution in [3.05, 3.63) is 94.5 Å². The molecule has 0 N–H and O–H groups in total. The van der Waals surface area contributed by atoms with Gasteiger partial charge in [-0.15, -0.1) is 0 Å². The van der Waals surface area contributed by atoms with Crippen LogP contribution in [0.3, 0.4) is 0 Å². The molecule has 0 heterocycles. The van der Waals surface area contributed by atoms with Crippen molar-refractivity contribution in [1.29, 1.82) is 0 Å². The van der Waals surface area contributed by atoms with Crippen molar-refractivity contribution < 1.29 is 4.84 Å². The topological polar surface area (TPSA) is 21.6 Å².